The molecule has 1 heterocycles. The minimum atomic E-state index is -0.770. The van der Waals surface area contributed by atoms with Gasteiger partial charge in [-0.05, 0) is 25.1 Å². The van der Waals surface area contributed by atoms with Crippen LogP contribution >= 0.6 is 0 Å². The van der Waals surface area contributed by atoms with Gasteiger partial charge in [0.15, 0.2) is 5.82 Å². The third kappa shape index (κ3) is 3.15. The number of nitrogens with zero attached hydrogens (tertiary/aromatic N) is 1. The Hall–Kier alpha value is -2.24. The number of hydrogen-bond donors (Lipinski definition) is 2. The molecule has 2 N–H and O–H groups in total. The van der Waals surface area contributed by atoms with Gasteiger partial charge in [0.05, 0.1) is 18.9 Å². The second kappa shape index (κ2) is 5.60. The van der Waals surface area contributed by atoms with Crippen molar-refractivity contribution in [2.45, 2.75) is 6.92 Å². The van der Waals surface area contributed by atoms with E-state index >= 15 is 0 Å². The van der Waals surface area contributed by atoms with Crippen LogP contribution in [0.15, 0.2) is 30.4 Å². The highest BCUT2D eigenvalue weighted by molar-refractivity contribution is 5.73. The molecule has 1 aromatic carbocycles. The van der Waals surface area contributed by atoms with E-state index in [0.717, 1.165) is 24.4 Å². The highest BCUT2D eigenvalue weighted by Crippen LogP contribution is 2.28. The Morgan fingerprint density at radius 2 is 2.05 bits per heavy atom. The van der Waals surface area contributed by atoms with E-state index in [1.807, 2.05) is 0 Å². The van der Waals surface area contributed by atoms with Crippen molar-refractivity contribution in [1.82, 2.24) is 4.98 Å². The first-order chi connectivity index (χ1) is 9.51. The van der Waals surface area contributed by atoms with Crippen molar-refractivity contribution < 1.29 is 14.5 Å². The second-order valence-electron chi connectivity index (χ2n) is 3.75. The second-order valence-corrected chi connectivity index (χ2v) is 3.75. The van der Waals surface area contributed by atoms with Crippen molar-refractivity contribution in [3.8, 4) is 0 Å². The molecule has 0 amide bonds. The van der Waals surface area contributed by atoms with Gasteiger partial charge >= 0.3 is 0 Å². The third-order valence-corrected chi connectivity index (χ3v) is 2.34. The Kier molecular flexibility index (Phi) is 3.49. The van der Waals surface area contributed by atoms with Crippen LogP contribution in [0.3, 0.4) is 0 Å². The maximum atomic E-state index is 13.7. The molecule has 6 heteroatoms. The van der Waals surface area contributed by atoms with Gasteiger partial charge in [0, 0.05) is 12.6 Å². The predicted octanol–water partition coefficient (Wildman–Crippen LogP) is 3.67. The summed E-state index contributed by atoms with van der Waals surface area (Å²) in [7, 11) is 0. The van der Waals surface area contributed by atoms with Crippen LogP contribution in [-0.2, 0) is 0 Å². The number of rotatable bonds is 4. The fourth-order valence-corrected chi connectivity index (χ4v) is 1.57. The van der Waals surface area contributed by atoms with E-state index in [1.54, 1.807) is 6.92 Å². The summed E-state index contributed by atoms with van der Waals surface area (Å²) in [5, 5.41) is 5.43. The van der Waals surface area contributed by atoms with Crippen molar-refractivity contribution >= 4 is 17.2 Å². The first-order valence-corrected chi connectivity index (χ1v) is 5.63. The minimum absolute atomic E-state index is 0.0894. The molecule has 2 rings (SSSR count). The van der Waals surface area contributed by atoms with Crippen LogP contribution in [0.1, 0.15) is 8.29 Å². The van der Waals surface area contributed by atoms with Gasteiger partial charge in [-0.3, -0.25) is 0 Å². The van der Waals surface area contributed by atoms with Gasteiger partial charge in [-0.25, -0.2) is 18.2 Å². The molecule has 0 fully saturated rings. The fourth-order valence-electron chi connectivity index (χ4n) is 1.57. The molecule has 0 aliphatic carbocycles. The number of pyridine rings is 1. The normalized spacial score (nSPS) is 11.1. The number of aromatic nitrogens is 1. The van der Waals surface area contributed by atoms with Crippen LogP contribution in [0.5, 0.6) is 0 Å². The topological polar surface area (TPSA) is 37.0 Å². The van der Waals surface area contributed by atoms with Crippen LogP contribution in [-0.4, -0.2) is 11.5 Å². The van der Waals surface area contributed by atoms with Crippen molar-refractivity contribution in [3.05, 3.63) is 47.9 Å². The van der Waals surface area contributed by atoms with Crippen molar-refractivity contribution in [1.29, 1.82) is 0 Å². The molecule has 0 aliphatic rings. The lowest BCUT2D eigenvalue weighted by Crippen LogP contribution is -2.05. The Morgan fingerprint density at radius 3 is 2.74 bits per heavy atom. The summed E-state index contributed by atoms with van der Waals surface area (Å²) >= 11 is 0. The quantitative estimate of drug-likeness (QED) is 0.888. The molecule has 0 spiro atoms. The number of halogens is 3. The monoisotopic (exact) mass is 268 g/mol. The molecule has 3 nitrogen and oxygen atoms in total. The lowest BCUT2D eigenvalue weighted by Gasteiger charge is -2.13. The van der Waals surface area contributed by atoms with E-state index < -0.39 is 17.5 Å². The number of benzene rings is 1. The molecule has 0 atom stereocenters. The Morgan fingerprint density at radius 1 is 1.26 bits per heavy atom. The average molecular weight is 268 g/mol. The number of hydrogen-bond acceptors (Lipinski definition) is 3. The minimum Gasteiger partial charge on any atom is -0.381 e. The lowest BCUT2D eigenvalue weighted by molar-refractivity contribution is 0.586. The zero-order valence-electron chi connectivity index (χ0n) is 11.1. The lowest BCUT2D eigenvalue weighted by atomic mass is 10.2. The summed E-state index contributed by atoms with van der Waals surface area (Å²) in [5.74, 6) is -2.14. The Labute approximate surface area is 109 Å². The summed E-state index contributed by atoms with van der Waals surface area (Å²) in [4.78, 5) is 3.72. The molecule has 2 aromatic rings. The van der Waals surface area contributed by atoms with Gasteiger partial charge in [-0.15, -0.1) is 0 Å². The van der Waals surface area contributed by atoms with E-state index in [9.17, 15) is 13.2 Å². The van der Waals surface area contributed by atoms with Crippen molar-refractivity contribution in [3.63, 3.8) is 0 Å². The molecule has 0 unspecified atom stereocenters. The van der Waals surface area contributed by atoms with Gasteiger partial charge in [0.2, 0.25) is 0 Å². The average Bonchev–Trinajstić information content (AvgIpc) is 2.38. The number of nitrogens with one attached hydrogen (secondary N) is 2. The molecule has 0 saturated heterocycles. The maximum absolute atomic E-state index is 13.7. The van der Waals surface area contributed by atoms with Gasteiger partial charge < -0.3 is 10.6 Å². The van der Waals surface area contributed by atoms with Crippen LogP contribution < -0.4 is 10.6 Å². The zero-order valence-corrected chi connectivity index (χ0v) is 10.1. The predicted molar refractivity (Wildman–Crippen MR) is 68.0 cm³/mol. The number of anilines is 3. The van der Waals surface area contributed by atoms with Crippen molar-refractivity contribution in [2.75, 3.05) is 17.2 Å². The van der Waals surface area contributed by atoms with Crippen LogP contribution in [0.2, 0.25) is 0 Å². The largest absolute Gasteiger partial charge is 0.381 e. The molecule has 100 valence electrons. The van der Waals surface area contributed by atoms with Gasteiger partial charge in [-0.2, -0.15) is 0 Å². The standard InChI is InChI=1S/C13H12F3N3/c1-2-17-13-10(16)5-9(15)6-11(13)19-12-4-3-8(14)7-18-12/h3-7,17H,2H2,1H3,(H,18,19)/i3D. The highest BCUT2D eigenvalue weighted by atomic mass is 19.1. The van der Waals surface area contributed by atoms with E-state index in [1.165, 1.54) is 0 Å². The summed E-state index contributed by atoms with van der Waals surface area (Å²) in [5.41, 5.74) is 0.217. The van der Waals surface area contributed by atoms with Gasteiger partial charge in [0.1, 0.15) is 17.5 Å². The fraction of sp³-hybridized carbons (Fsp3) is 0.154. The molecule has 0 aliphatic heterocycles. The molecular weight excluding hydrogens is 255 g/mol. The maximum Gasteiger partial charge on any atom is 0.151 e. The summed E-state index contributed by atoms with van der Waals surface area (Å²) in [6, 6.07) is 2.63. The third-order valence-electron chi connectivity index (χ3n) is 2.34. The Bertz CT molecular complexity index is 634. The van der Waals surface area contributed by atoms with E-state index in [4.69, 9.17) is 1.37 Å². The Balaban J connectivity index is 2.38. The SMILES string of the molecule is [2H]c1cc(Nc2cc(F)cc(F)c2NCC)ncc1F. The van der Waals surface area contributed by atoms with Crippen LogP contribution in [0.25, 0.3) is 0 Å². The summed E-state index contributed by atoms with van der Waals surface area (Å²) in [6.07, 6.45) is 0.868. The van der Waals surface area contributed by atoms with Gasteiger partial charge in [0.25, 0.3) is 0 Å². The van der Waals surface area contributed by atoms with Crippen LogP contribution in [0.4, 0.5) is 30.4 Å². The molecule has 0 saturated carbocycles. The van der Waals surface area contributed by atoms with Crippen molar-refractivity contribution in [2.24, 2.45) is 0 Å². The van der Waals surface area contributed by atoms with E-state index in [2.05, 4.69) is 15.6 Å². The molecule has 19 heavy (non-hydrogen) atoms. The molecule has 0 radical (unpaired) electrons. The first kappa shape index (κ1) is 11.8. The van der Waals surface area contributed by atoms with E-state index in [0.29, 0.717) is 6.54 Å². The molecule has 0 bridgehead atoms. The molecular formula is C13H12F3N3. The first-order valence-electron chi connectivity index (χ1n) is 6.13. The summed E-state index contributed by atoms with van der Waals surface area (Å²) in [6.45, 7) is 2.21. The van der Waals surface area contributed by atoms with E-state index in [-0.39, 0.29) is 23.2 Å². The van der Waals surface area contributed by atoms with Crippen LogP contribution in [0, 0.1) is 17.5 Å². The van der Waals surface area contributed by atoms with Gasteiger partial charge in [-0.1, -0.05) is 0 Å². The molecule has 1 aromatic heterocycles. The smallest absolute Gasteiger partial charge is 0.151 e. The zero-order chi connectivity index (χ0) is 14.7. The highest BCUT2D eigenvalue weighted by Gasteiger charge is 2.11. The summed E-state index contributed by atoms with van der Waals surface area (Å²) < 4.78 is 47.2.